The van der Waals surface area contributed by atoms with E-state index in [0.29, 0.717) is 17.0 Å². The molecule has 1 N–H and O–H groups in total. The van der Waals surface area contributed by atoms with Crippen LogP contribution in [0.2, 0.25) is 0 Å². The first kappa shape index (κ1) is 17.0. The number of unbranched alkanes of at least 4 members (excludes halogenated alkanes) is 1. The number of fused-ring (bicyclic) bond motifs is 1. The number of rotatable bonds is 6. The van der Waals surface area contributed by atoms with E-state index in [0.717, 1.165) is 44.1 Å². The van der Waals surface area contributed by atoms with Crippen molar-refractivity contribution in [3.05, 3.63) is 16.0 Å². The first-order valence-electron chi connectivity index (χ1n) is 8.18. The van der Waals surface area contributed by atoms with Crippen LogP contribution in [0.5, 0.6) is 0 Å². The lowest BCUT2D eigenvalue weighted by atomic mass is 9.95. The number of carbonyl (C=O) groups excluding carboxylic acids is 2. The maximum Gasteiger partial charge on any atom is 0.341 e. The molecule has 0 unspecified atom stereocenters. The monoisotopic (exact) mass is 323 g/mol. The number of aryl methyl sites for hydroxylation is 1. The molecule has 0 fully saturated rings. The lowest BCUT2D eigenvalue weighted by molar-refractivity contribution is -0.116. The van der Waals surface area contributed by atoms with Crippen LogP contribution in [0.1, 0.15) is 73.7 Å². The highest BCUT2D eigenvalue weighted by Gasteiger charge is 2.27. The molecular formula is C17H25NO3S. The van der Waals surface area contributed by atoms with Crippen molar-refractivity contribution < 1.29 is 14.3 Å². The molecule has 0 aromatic carbocycles. The molecule has 0 spiro atoms. The second kappa shape index (κ2) is 7.77. The van der Waals surface area contributed by atoms with Gasteiger partial charge >= 0.3 is 5.97 Å². The van der Waals surface area contributed by atoms with Gasteiger partial charge in [0.25, 0.3) is 0 Å². The summed E-state index contributed by atoms with van der Waals surface area (Å²) in [6.45, 7) is 5.75. The number of hydrogen-bond donors (Lipinski definition) is 1. The molecule has 5 heteroatoms. The molecule has 0 aliphatic heterocycles. The normalized spacial score (nSPS) is 13.8. The molecule has 0 saturated heterocycles. The number of hydrogen-bond acceptors (Lipinski definition) is 4. The number of amides is 1. The van der Waals surface area contributed by atoms with E-state index in [1.54, 1.807) is 11.3 Å². The van der Waals surface area contributed by atoms with Crippen LogP contribution in [0, 0.1) is 0 Å². The third-order valence-electron chi connectivity index (χ3n) is 3.73. The van der Waals surface area contributed by atoms with Gasteiger partial charge in [-0.15, -0.1) is 11.3 Å². The standard InChI is InChI=1S/C17H25NO3S/c1-4-5-10-14(19)18-16-15(17(20)21-11(2)3)12-8-6-7-9-13(12)22-16/h11H,4-10H2,1-3H3,(H,18,19). The van der Waals surface area contributed by atoms with Gasteiger partial charge in [-0.3, -0.25) is 4.79 Å². The Hall–Kier alpha value is -1.36. The van der Waals surface area contributed by atoms with E-state index in [9.17, 15) is 9.59 Å². The van der Waals surface area contributed by atoms with Gasteiger partial charge in [0.05, 0.1) is 11.7 Å². The zero-order valence-corrected chi connectivity index (χ0v) is 14.5. The number of anilines is 1. The van der Waals surface area contributed by atoms with Crippen molar-refractivity contribution in [3.8, 4) is 0 Å². The summed E-state index contributed by atoms with van der Waals surface area (Å²) in [4.78, 5) is 25.7. The van der Waals surface area contributed by atoms with Crippen LogP contribution < -0.4 is 5.32 Å². The quantitative estimate of drug-likeness (QED) is 0.793. The molecule has 0 atom stereocenters. The molecule has 1 amide bonds. The van der Waals surface area contributed by atoms with E-state index in [2.05, 4.69) is 12.2 Å². The zero-order chi connectivity index (χ0) is 16.1. The Kier molecular flexibility index (Phi) is 6.00. The molecule has 0 saturated carbocycles. The van der Waals surface area contributed by atoms with Gasteiger partial charge in [-0.05, 0) is 51.5 Å². The molecule has 0 radical (unpaired) electrons. The van der Waals surface area contributed by atoms with E-state index in [1.807, 2.05) is 13.8 Å². The molecular weight excluding hydrogens is 298 g/mol. The molecule has 1 heterocycles. The van der Waals surface area contributed by atoms with Crippen LogP contribution in [0.4, 0.5) is 5.00 Å². The predicted molar refractivity (Wildman–Crippen MR) is 89.7 cm³/mol. The van der Waals surface area contributed by atoms with Gasteiger partial charge in [-0.25, -0.2) is 4.79 Å². The Labute approximate surface area is 136 Å². The fraction of sp³-hybridized carbons (Fsp3) is 0.647. The van der Waals surface area contributed by atoms with Gasteiger partial charge in [0.15, 0.2) is 0 Å². The fourth-order valence-corrected chi connectivity index (χ4v) is 3.96. The van der Waals surface area contributed by atoms with Crippen LogP contribution >= 0.6 is 11.3 Å². The second-order valence-corrected chi connectivity index (χ2v) is 7.13. The van der Waals surface area contributed by atoms with Crippen molar-refractivity contribution in [2.24, 2.45) is 0 Å². The predicted octanol–water partition coefficient (Wildman–Crippen LogP) is 4.32. The fourth-order valence-electron chi connectivity index (χ4n) is 2.67. The van der Waals surface area contributed by atoms with Gasteiger partial charge < -0.3 is 10.1 Å². The lowest BCUT2D eigenvalue weighted by Gasteiger charge is -2.14. The summed E-state index contributed by atoms with van der Waals surface area (Å²) in [5, 5.41) is 3.61. The summed E-state index contributed by atoms with van der Waals surface area (Å²) in [7, 11) is 0. The summed E-state index contributed by atoms with van der Waals surface area (Å²) in [6, 6.07) is 0. The summed E-state index contributed by atoms with van der Waals surface area (Å²) in [5.74, 6) is -0.320. The Morgan fingerprint density at radius 3 is 2.68 bits per heavy atom. The average molecular weight is 323 g/mol. The van der Waals surface area contributed by atoms with E-state index >= 15 is 0 Å². The molecule has 2 rings (SSSR count). The topological polar surface area (TPSA) is 55.4 Å². The molecule has 1 aliphatic carbocycles. The van der Waals surface area contributed by atoms with Crippen molar-refractivity contribution in [1.29, 1.82) is 0 Å². The van der Waals surface area contributed by atoms with E-state index < -0.39 is 0 Å². The third-order valence-corrected chi connectivity index (χ3v) is 4.94. The first-order valence-corrected chi connectivity index (χ1v) is 9.00. The lowest BCUT2D eigenvalue weighted by Crippen LogP contribution is -2.17. The first-order chi connectivity index (χ1) is 10.5. The van der Waals surface area contributed by atoms with Crippen LogP contribution in [0.25, 0.3) is 0 Å². The molecule has 122 valence electrons. The van der Waals surface area contributed by atoms with Crippen molar-refractivity contribution in [3.63, 3.8) is 0 Å². The minimum Gasteiger partial charge on any atom is -0.459 e. The molecule has 1 aromatic heterocycles. The highest BCUT2D eigenvalue weighted by molar-refractivity contribution is 7.17. The van der Waals surface area contributed by atoms with E-state index in [-0.39, 0.29) is 18.0 Å². The number of carbonyl (C=O) groups is 2. The Balaban J connectivity index is 2.25. The van der Waals surface area contributed by atoms with E-state index in [1.165, 1.54) is 4.88 Å². The highest BCUT2D eigenvalue weighted by Crippen LogP contribution is 2.38. The minimum atomic E-state index is -0.305. The summed E-state index contributed by atoms with van der Waals surface area (Å²) in [5.41, 5.74) is 1.69. The van der Waals surface area contributed by atoms with Crippen LogP contribution in [-0.4, -0.2) is 18.0 Å². The highest BCUT2D eigenvalue weighted by atomic mass is 32.1. The smallest absolute Gasteiger partial charge is 0.341 e. The summed E-state index contributed by atoms with van der Waals surface area (Å²) >= 11 is 1.55. The molecule has 22 heavy (non-hydrogen) atoms. The van der Waals surface area contributed by atoms with Crippen LogP contribution in [0.3, 0.4) is 0 Å². The van der Waals surface area contributed by atoms with Gasteiger partial charge in [-0.2, -0.15) is 0 Å². The maximum atomic E-state index is 12.4. The molecule has 1 aliphatic rings. The second-order valence-electron chi connectivity index (χ2n) is 6.02. The van der Waals surface area contributed by atoms with Gasteiger partial charge in [0, 0.05) is 11.3 Å². The number of esters is 1. The number of nitrogens with one attached hydrogen (secondary N) is 1. The van der Waals surface area contributed by atoms with Crippen molar-refractivity contribution in [1.82, 2.24) is 0 Å². The van der Waals surface area contributed by atoms with Gasteiger partial charge in [0.1, 0.15) is 5.00 Å². The van der Waals surface area contributed by atoms with Crippen LogP contribution in [-0.2, 0) is 22.4 Å². The number of thiophene rings is 1. The molecule has 1 aromatic rings. The van der Waals surface area contributed by atoms with Gasteiger partial charge in [-0.1, -0.05) is 13.3 Å². The van der Waals surface area contributed by atoms with Gasteiger partial charge in [0.2, 0.25) is 5.91 Å². The Morgan fingerprint density at radius 2 is 2.00 bits per heavy atom. The Bertz CT molecular complexity index is 548. The van der Waals surface area contributed by atoms with Crippen LogP contribution in [0.15, 0.2) is 0 Å². The zero-order valence-electron chi connectivity index (χ0n) is 13.7. The van der Waals surface area contributed by atoms with Crippen molar-refractivity contribution >= 4 is 28.2 Å². The third kappa shape index (κ3) is 4.09. The van der Waals surface area contributed by atoms with Crippen molar-refractivity contribution in [2.75, 3.05) is 5.32 Å². The summed E-state index contributed by atoms with van der Waals surface area (Å²) < 4.78 is 5.38. The van der Waals surface area contributed by atoms with Crippen molar-refractivity contribution in [2.45, 2.75) is 71.8 Å². The summed E-state index contributed by atoms with van der Waals surface area (Å²) in [6.07, 6.45) is 6.32. The molecule has 4 nitrogen and oxygen atoms in total. The van der Waals surface area contributed by atoms with E-state index in [4.69, 9.17) is 4.74 Å². The SMILES string of the molecule is CCCCC(=O)Nc1sc2c(c1C(=O)OC(C)C)CCCC2. The number of ether oxygens (including phenoxy) is 1. The molecule has 0 bridgehead atoms. The minimum absolute atomic E-state index is 0.0148. The maximum absolute atomic E-state index is 12.4. The average Bonchev–Trinajstić information content (AvgIpc) is 2.82. The Morgan fingerprint density at radius 1 is 1.27 bits per heavy atom. The largest absolute Gasteiger partial charge is 0.459 e.